The Bertz CT molecular complexity index is 1040. The van der Waals surface area contributed by atoms with Crippen LogP contribution in [0.4, 0.5) is 14.5 Å². The molecule has 0 aromatic heterocycles. The van der Waals surface area contributed by atoms with Gasteiger partial charge in [0.15, 0.2) is 11.5 Å². The molecule has 2 aromatic carbocycles. The highest BCUT2D eigenvalue weighted by Crippen LogP contribution is 2.32. The van der Waals surface area contributed by atoms with E-state index in [2.05, 4.69) is 14.8 Å². The number of ether oxygens (including phenoxy) is 3. The second kappa shape index (κ2) is 10.1. The lowest BCUT2D eigenvalue weighted by Crippen LogP contribution is -2.47. The number of nitrogens with one attached hydrogen (secondary N) is 2. The Hall–Kier alpha value is -2.92. The predicted molar refractivity (Wildman–Crippen MR) is 113 cm³/mol. The zero-order chi connectivity index (χ0) is 23.3. The number of benzene rings is 2. The van der Waals surface area contributed by atoms with E-state index < -0.39 is 28.6 Å². The van der Waals surface area contributed by atoms with Crippen molar-refractivity contribution >= 4 is 21.6 Å². The Kier molecular flexibility index (Phi) is 7.52. The molecule has 0 aliphatic carbocycles. The van der Waals surface area contributed by atoms with Gasteiger partial charge in [0.05, 0.1) is 18.1 Å². The molecule has 11 heteroatoms. The second-order valence-electron chi connectivity index (χ2n) is 7.39. The zero-order valence-electron chi connectivity index (χ0n) is 17.5. The number of alkyl halides is 2. The Morgan fingerprint density at radius 3 is 2.31 bits per heavy atom. The van der Waals surface area contributed by atoms with E-state index in [1.165, 1.54) is 42.5 Å². The van der Waals surface area contributed by atoms with Crippen molar-refractivity contribution in [2.45, 2.75) is 37.8 Å². The quantitative estimate of drug-likeness (QED) is 0.613. The van der Waals surface area contributed by atoms with E-state index in [0.29, 0.717) is 36.8 Å². The van der Waals surface area contributed by atoms with Crippen molar-refractivity contribution in [1.82, 2.24) is 4.72 Å². The lowest BCUT2D eigenvalue weighted by molar-refractivity contribution is -0.118. The van der Waals surface area contributed by atoms with E-state index in [0.717, 1.165) is 0 Å². The molecular formula is C21H24F2N2O6S. The summed E-state index contributed by atoms with van der Waals surface area (Å²) in [6, 6.07) is 8.47. The minimum Gasteiger partial charge on any atom is -0.490 e. The fourth-order valence-electron chi connectivity index (χ4n) is 2.98. The van der Waals surface area contributed by atoms with Gasteiger partial charge in [-0.3, -0.25) is 4.79 Å². The number of halogens is 2. The summed E-state index contributed by atoms with van der Waals surface area (Å²) < 4.78 is 68.2. The van der Waals surface area contributed by atoms with E-state index in [4.69, 9.17) is 9.47 Å². The highest BCUT2D eigenvalue weighted by Gasteiger charge is 2.29. The first-order valence-corrected chi connectivity index (χ1v) is 11.4. The highest BCUT2D eigenvalue weighted by molar-refractivity contribution is 7.89. The first-order valence-electron chi connectivity index (χ1n) is 9.93. The molecule has 174 valence electrons. The van der Waals surface area contributed by atoms with Crippen LogP contribution in [0.3, 0.4) is 0 Å². The molecule has 0 saturated heterocycles. The van der Waals surface area contributed by atoms with E-state index >= 15 is 0 Å². The van der Waals surface area contributed by atoms with Crippen LogP contribution in [-0.4, -0.2) is 40.2 Å². The Labute approximate surface area is 184 Å². The minimum atomic E-state index is -4.06. The topological polar surface area (TPSA) is 103 Å². The van der Waals surface area contributed by atoms with Crippen LogP contribution in [-0.2, 0) is 14.8 Å². The van der Waals surface area contributed by atoms with Crippen LogP contribution in [0.25, 0.3) is 0 Å². The second-order valence-corrected chi connectivity index (χ2v) is 9.11. The van der Waals surface area contributed by atoms with E-state index in [-0.39, 0.29) is 16.6 Å². The summed E-state index contributed by atoms with van der Waals surface area (Å²) in [5.74, 6) is -0.263. The van der Waals surface area contributed by atoms with Gasteiger partial charge >= 0.3 is 6.61 Å². The summed E-state index contributed by atoms with van der Waals surface area (Å²) >= 11 is 0. The molecule has 3 rings (SSSR count). The molecule has 1 heterocycles. The van der Waals surface area contributed by atoms with Gasteiger partial charge in [0.1, 0.15) is 11.8 Å². The zero-order valence-corrected chi connectivity index (χ0v) is 18.3. The molecule has 0 bridgehead atoms. The molecule has 8 nitrogen and oxygen atoms in total. The number of hydrogen-bond donors (Lipinski definition) is 2. The predicted octanol–water partition coefficient (Wildman–Crippen LogP) is 3.39. The molecule has 1 aliphatic heterocycles. The van der Waals surface area contributed by atoms with Crippen molar-refractivity contribution in [2.75, 3.05) is 18.5 Å². The first-order chi connectivity index (χ1) is 15.2. The molecule has 1 aliphatic rings. The molecule has 2 aromatic rings. The number of carbonyl (C=O) groups excluding carboxylic acids is 1. The lowest BCUT2D eigenvalue weighted by Gasteiger charge is -2.22. The summed E-state index contributed by atoms with van der Waals surface area (Å²) in [4.78, 5) is 12.7. The lowest BCUT2D eigenvalue weighted by atomic mass is 10.0. The van der Waals surface area contributed by atoms with Gasteiger partial charge in [0, 0.05) is 18.2 Å². The molecule has 0 unspecified atom stereocenters. The molecule has 1 atom stereocenters. The highest BCUT2D eigenvalue weighted by atomic mass is 32.2. The van der Waals surface area contributed by atoms with Gasteiger partial charge in [-0.05, 0) is 42.3 Å². The molecule has 0 spiro atoms. The third kappa shape index (κ3) is 6.07. The first kappa shape index (κ1) is 23.7. The molecule has 0 radical (unpaired) electrons. The van der Waals surface area contributed by atoms with Gasteiger partial charge in [0.2, 0.25) is 15.9 Å². The number of sulfonamides is 1. The van der Waals surface area contributed by atoms with Crippen molar-refractivity contribution in [2.24, 2.45) is 5.92 Å². The van der Waals surface area contributed by atoms with Gasteiger partial charge in [-0.15, -0.1) is 0 Å². The number of rotatable bonds is 8. The van der Waals surface area contributed by atoms with Crippen molar-refractivity contribution in [1.29, 1.82) is 0 Å². The molecule has 2 N–H and O–H groups in total. The van der Waals surface area contributed by atoms with Gasteiger partial charge < -0.3 is 19.5 Å². The number of amides is 1. The smallest absolute Gasteiger partial charge is 0.387 e. The standard InChI is InChI=1S/C21H24F2N2O6S/c1-13(2)19(20(26)24-14-4-6-15(7-5-14)31-21(22)23)25-32(27,28)16-8-9-17-18(12-16)30-11-3-10-29-17/h4-9,12-13,19,21,25H,3,10-11H2,1-2H3,(H,24,26)/t19-/m0/s1. The monoisotopic (exact) mass is 470 g/mol. The third-order valence-corrected chi connectivity index (χ3v) is 6.05. The van der Waals surface area contributed by atoms with Gasteiger partial charge in [-0.2, -0.15) is 13.5 Å². The Morgan fingerprint density at radius 1 is 1.03 bits per heavy atom. The van der Waals surface area contributed by atoms with Crippen LogP contribution in [0.5, 0.6) is 17.2 Å². The van der Waals surface area contributed by atoms with Crippen LogP contribution in [0.15, 0.2) is 47.4 Å². The fourth-order valence-corrected chi connectivity index (χ4v) is 4.34. The average Bonchev–Trinajstić information content (AvgIpc) is 2.97. The fraction of sp³-hybridized carbons (Fsp3) is 0.381. The van der Waals surface area contributed by atoms with Crippen molar-refractivity contribution < 1.29 is 36.2 Å². The average molecular weight is 470 g/mol. The molecule has 0 saturated carbocycles. The van der Waals surface area contributed by atoms with Crippen molar-refractivity contribution in [3.8, 4) is 17.2 Å². The number of anilines is 1. The normalized spacial score (nSPS) is 14.7. The SMILES string of the molecule is CC(C)[C@H](NS(=O)(=O)c1ccc2c(c1)OCCCO2)C(=O)Nc1ccc(OC(F)F)cc1. The largest absolute Gasteiger partial charge is 0.490 e. The Balaban J connectivity index is 1.74. The van der Waals surface area contributed by atoms with Crippen molar-refractivity contribution in [3.63, 3.8) is 0 Å². The van der Waals surface area contributed by atoms with E-state index in [9.17, 15) is 22.0 Å². The van der Waals surface area contributed by atoms with Crippen LogP contribution in [0, 0.1) is 5.92 Å². The number of hydrogen-bond acceptors (Lipinski definition) is 6. The number of carbonyl (C=O) groups is 1. The maximum absolute atomic E-state index is 12.9. The Morgan fingerprint density at radius 2 is 1.69 bits per heavy atom. The van der Waals surface area contributed by atoms with E-state index in [1.54, 1.807) is 13.8 Å². The summed E-state index contributed by atoms with van der Waals surface area (Å²) in [5.41, 5.74) is 0.303. The maximum atomic E-state index is 12.9. The van der Waals surface area contributed by atoms with Gasteiger partial charge in [-0.1, -0.05) is 13.8 Å². The van der Waals surface area contributed by atoms with Crippen LogP contribution in [0.1, 0.15) is 20.3 Å². The summed E-state index contributed by atoms with van der Waals surface area (Å²) in [6.07, 6.45) is 0.680. The summed E-state index contributed by atoms with van der Waals surface area (Å²) in [7, 11) is -4.06. The van der Waals surface area contributed by atoms with Gasteiger partial charge in [-0.25, -0.2) is 8.42 Å². The van der Waals surface area contributed by atoms with Crippen LogP contribution >= 0.6 is 0 Å². The molecule has 0 fully saturated rings. The van der Waals surface area contributed by atoms with Gasteiger partial charge in [0.25, 0.3) is 0 Å². The van der Waals surface area contributed by atoms with Crippen molar-refractivity contribution in [3.05, 3.63) is 42.5 Å². The summed E-state index contributed by atoms with van der Waals surface area (Å²) in [5, 5.41) is 2.58. The van der Waals surface area contributed by atoms with Crippen LogP contribution in [0.2, 0.25) is 0 Å². The summed E-state index contributed by atoms with van der Waals surface area (Å²) in [6.45, 7) is 1.31. The number of fused-ring (bicyclic) bond motifs is 1. The van der Waals surface area contributed by atoms with E-state index in [1.807, 2.05) is 0 Å². The third-order valence-electron chi connectivity index (χ3n) is 4.61. The molecule has 32 heavy (non-hydrogen) atoms. The molecule has 1 amide bonds. The minimum absolute atomic E-state index is 0.0614. The maximum Gasteiger partial charge on any atom is 0.387 e. The van der Waals surface area contributed by atoms with Crippen LogP contribution < -0.4 is 24.2 Å². The molecular weight excluding hydrogens is 446 g/mol.